The molecule has 1 fully saturated rings. The Morgan fingerprint density at radius 1 is 1.21 bits per heavy atom. The van der Waals surface area contributed by atoms with Crippen LogP contribution in [-0.2, 0) is 4.74 Å². The number of nitrogens with two attached hydrogens (primary N) is 1. The van der Waals surface area contributed by atoms with Crippen LogP contribution in [0.4, 0.5) is 0 Å². The van der Waals surface area contributed by atoms with Crippen molar-refractivity contribution in [3.05, 3.63) is 0 Å². The second kappa shape index (κ2) is 4.99. The lowest BCUT2D eigenvalue weighted by atomic mass is 9.97. The molecule has 1 rings (SSSR count). The maximum atomic E-state index is 9.52. The summed E-state index contributed by atoms with van der Waals surface area (Å²) in [5.74, 6) is 0. The van der Waals surface area contributed by atoms with Gasteiger partial charge in [0.2, 0.25) is 0 Å². The van der Waals surface area contributed by atoms with E-state index in [1.54, 1.807) is 0 Å². The van der Waals surface area contributed by atoms with Gasteiger partial charge in [-0.05, 0) is 0 Å². The molecule has 1 aliphatic heterocycles. The Labute approximate surface area is 81.1 Å². The number of nitrogens with one attached hydrogen (secondary N) is 1. The molecule has 0 aromatic rings. The quantitative estimate of drug-likeness (QED) is 0.263. The van der Waals surface area contributed by atoms with Gasteiger partial charge in [-0.2, -0.15) is 0 Å². The van der Waals surface area contributed by atoms with Gasteiger partial charge in [-0.15, -0.1) is 0 Å². The Kier molecular flexibility index (Phi) is 4.20. The average Bonchev–Trinajstić information content (AvgIpc) is 2.18. The summed E-state index contributed by atoms with van der Waals surface area (Å²) in [6.45, 7) is -0.427. The van der Waals surface area contributed by atoms with E-state index in [9.17, 15) is 15.3 Å². The summed E-state index contributed by atoms with van der Waals surface area (Å²) in [4.78, 5) is 0. The minimum absolute atomic E-state index is 0.0403. The molecule has 0 spiro atoms. The van der Waals surface area contributed by atoms with Crippen molar-refractivity contribution in [2.45, 2.75) is 30.6 Å². The van der Waals surface area contributed by atoms with E-state index in [0.29, 0.717) is 0 Å². The molecule has 1 saturated heterocycles. The highest BCUT2D eigenvalue weighted by Crippen LogP contribution is 2.19. The Morgan fingerprint density at radius 3 is 2.36 bits per heavy atom. The zero-order chi connectivity index (χ0) is 10.7. The first-order valence-electron chi connectivity index (χ1n) is 4.35. The third-order valence-electron chi connectivity index (χ3n) is 2.25. The Morgan fingerprint density at radius 2 is 1.86 bits per heavy atom. The fraction of sp³-hybridized carbons (Fsp3) is 1.00. The molecule has 7 nitrogen and oxygen atoms in total. The van der Waals surface area contributed by atoms with Crippen molar-refractivity contribution in [1.29, 1.82) is 0 Å². The van der Waals surface area contributed by atoms with E-state index in [4.69, 9.17) is 15.6 Å². The Balaban J connectivity index is 2.63. The summed E-state index contributed by atoms with van der Waals surface area (Å²) >= 11 is 0. The van der Waals surface area contributed by atoms with Crippen LogP contribution >= 0.6 is 0 Å². The predicted octanol–water partition coefficient (Wildman–Crippen LogP) is -3.71. The lowest BCUT2D eigenvalue weighted by Gasteiger charge is -2.40. The number of ether oxygens (including phenoxy) is 1. The molecule has 1 heterocycles. The molecule has 0 bridgehead atoms. The van der Waals surface area contributed by atoms with Crippen molar-refractivity contribution in [2.75, 3.05) is 13.3 Å². The van der Waals surface area contributed by atoms with Gasteiger partial charge in [-0.3, -0.25) is 5.32 Å². The summed E-state index contributed by atoms with van der Waals surface area (Å²) in [7, 11) is 0. The highest BCUT2D eigenvalue weighted by atomic mass is 16.6. The van der Waals surface area contributed by atoms with E-state index in [-0.39, 0.29) is 6.67 Å². The van der Waals surface area contributed by atoms with Crippen LogP contribution in [0.3, 0.4) is 0 Å². The largest absolute Gasteiger partial charge is 0.394 e. The van der Waals surface area contributed by atoms with E-state index in [2.05, 4.69) is 5.32 Å². The zero-order valence-electron chi connectivity index (χ0n) is 7.58. The zero-order valence-corrected chi connectivity index (χ0v) is 7.58. The van der Waals surface area contributed by atoms with Gasteiger partial charge in [-0.25, -0.2) is 0 Å². The van der Waals surface area contributed by atoms with E-state index < -0.39 is 37.3 Å². The van der Waals surface area contributed by atoms with Gasteiger partial charge in [-0.1, -0.05) is 0 Å². The minimum Gasteiger partial charge on any atom is -0.394 e. The molecule has 0 amide bonds. The van der Waals surface area contributed by atoms with Gasteiger partial charge in [0.15, 0.2) is 6.29 Å². The third-order valence-corrected chi connectivity index (χ3v) is 2.25. The van der Waals surface area contributed by atoms with Crippen LogP contribution in [0.15, 0.2) is 0 Å². The minimum atomic E-state index is -1.30. The van der Waals surface area contributed by atoms with Crippen LogP contribution < -0.4 is 11.1 Å². The van der Waals surface area contributed by atoms with Gasteiger partial charge < -0.3 is 30.9 Å². The Bertz CT molecular complexity index is 181. The summed E-state index contributed by atoms with van der Waals surface area (Å²) in [6.07, 6.45) is -4.74. The van der Waals surface area contributed by atoms with Gasteiger partial charge in [0.05, 0.1) is 12.6 Å². The van der Waals surface area contributed by atoms with Crippen molar-refractivity contribution in [3.63, 3.8) is 0 Å². The smallest absolute Gasteiger partial charge is 0.173 e. The molecule has 0 aromatic heterocycles. The monoisotopic (exact) mass is 208 g/mol. The summed E-state index contributed by atoms with van der Waals surface area (Å²) in [6, 6.07) is -0.849. The molecule has 0 radical (unpaired) electrons. The fourth-order valence-corrected chi connectivity index (χ4v) is 1.45. The highest BCUT2D eigenvalue weighted by molar-refractivity contribution is 4.92. The van der Waals surface area contributed by atoms with Crippen molar-refractivity contribution < 1.29 is 25.2 Å². The lowest BCUT2D eigenvalue weighted by Crippen LogP contribution is -2.63. The van der Waals surface area contributed by atoms with E-state index in [1.807, 2.05) is 0 Å². The second-order valence-corrected chi connectivity index (χ2v) is 3.16. The van der Waals surface area contributed by atoms with Crippen LogP contribution in [0.5, 0.6) is 0 Å². The van der Waals surface area contributed by atoms with Gasteiger partial charge >= 0.3 is 0 Å². The number of hydrogen-bond acceptors (Lipinski definition) is 7. The van der Waals surface area contributed by atoms with Crippen molar-refractivity contribution in [1.82, 2.24) is 5.32 Å². The average molecular weight is 208 g/mol. The van der Waals surface area contributed by atoms with Gasteiger partial charge in [0, 0.05) is 6.67 Å². The van der Waals surface area contributed by atoms with Crippen LogP contribution in [-0.4, -0.2) is 64.3 Å². The first kappa shape index (κ1) is 11.8. The molecule has 7 heteroatoms. The first-order valence-corrected chi connectivity index (χ1v) is 4.35. The number of rotatable bonds is 3. The van der Waals surface area contributed by atoms with Crippen molar-refractivity contribution in [3.8, 4) is 0 Å². The maximum absolute atomic E-state index is 9.52. The van der Waals surface area contributed by atoms with Gasteiger partial charge in [0.25, 0.3) is 0 Å². The molecular weight excluding hydrogens is 192 g/mol. The summed E-state index contributed by atoms with van der Waals surface area (Å²) in [5, 5.41) is 39.6. The number of hydrogen-bond donors (Lipinski definition) is 6. The third kappa shape index (κ3) is 2.20. The molecule has 0 saturated carbocycles. The molecule has 1 unspecified atom stereocenters. The van der Waals surface area contributed by atoms with E-state index >= 15 is 0 Å². The van der Waals surface area contributed by atoms with Crippen LogP contribution in [0.25, 0.3) is 0 Å². The van der Waals surface area contributed by atoms with E-state index in [1.165, 1.54) is 0 Å². The maximum Gasteiger partial charge on any atom is 0.173 e. The SMILES string of the molecule is NCN[C@H]1C(O)O[C@H](CO)[C@H](O)[C@@H]1O. The standard InChI is InChI=1S/C7H16N2O5/c8-2-9-4-6(12)5(11)3(1-10)14-7(4)13/h3-7,9-13H,1-2,8H2/t3-,4-,5+,6-,7?/m1/s1. The Hall–Kier alpha value is -0.280. The topological polar surface area (TPSA) is 128 Å². The lowest BCUT2D eigenvalue weighted by molar-refractivity contribution is -0.254. The molecule has 14 heavy (non-hydrogen) atoms. The molecule has 1 aliphatic rings. The van der Waals surface area contributed by atoms with Gasteiger partial charge in [0.1, 0.15) is 18.3 Å². The normalized spacial score (nSPS) is 43.9. The number of aliphatic hydroxyl groups excluding tert-OH is 4. The highest BCUT2D eigenvalue weighted by Gasteiger charge is 2.42. The first-order chi connectivity index (χ1) is 6.61. The van der Waals surface area contributed by atoms with Crippen molar-refractivity contribution in [2.24, 2.45) is 5.73 Å². The fourth-order valence-electron chi connectivity index (χ4n) is 1.45. The molecule has 0 aliphatic carbocycles. The van der Waals surface area contributed by atoms with Crippen LogP contribution in [0, 0.1) is 0 Å². The summed E-state index contributed by atoms with van der Waals surface area (Å²) in [5.41, 5.74) is 5.18. The number of aliphatic hydroxyl groups is 4. The molecule has 84 valence electrons. The molecule has 5 atom stereocenters. The molecule has 0 aromatic carbocycles. The molecule has 7 N–H and O–H groups in total. The molecular formula is C7H16N2O5. The summed E-state index contributed by atoms with van der Waals surface area (Å²) < 4.78 is 4.86. The predicted molar refractivity (Wildman–Crippen MR) is 46.0 cm³/mol. The van der Waals surface area contributed by atoms with Crippen molar-refractivity contribution >= 4 is 0 Å². The van der Waals surface area contributed by atoms with Crippen LogP contribution in [0.1, 0.15) is 0 Å². The van der Waals surface area contributed by atoms with E-state index in [0.717, 1.165) is 0 Å². The van der Waals surface area contributed by atoms with Crippen LogP contribution in [0.2, 0.25) is 0 Å². The second-order valence-electron chi connectivity index (χ2n) is 3.16.